The number of allylic oxidation sites excluding steroid dienone is 1. The van der Waals surface area contributed by atoms with Gasteiger partial charge in [-0.15, -0.1) is 0 Å². The van der Waals surface area contributed by atoms with E-state index in [4.69, 9.17) is 0 Å². The Morgan fingerprint density at radius 2 is 1.92 bits per heavy atom. The first-order valence-corrected chi connectivity index (χ1v) is 4.20. The second kappa shape index (κ2) is 3.69. The molecule has 0 aliphatic rings. The smallest absolute Gasteiger partial charge is 0.131 e. The predicted molar refractivity (Wildman–Crippen MR) is 50.4 cm³/mol. The molecular formula is C11H12F2. The fourth-order valence-corrected chi connectivity index (χ4v) is 1.19. The number of hydrogen-bond donors (Lipinski definition) is 0. The number of benzene rings is 1. The molecule has 0 amide bonds. The number of rotatable bonds is 2. The van der Waals surface area contributed by atoms with Gasteiger partial charge in [0.1, 0.15) is 11.6 Å². The summed E-state index contributed by atoms with van der Waals surface area (Å²) in [6.45, 7) is 7.02. The Labute approximate surface area is 76.9 Å². The molecule has 0 fully saturated rings. The fourth-order valence-electron chi connectivity index (χ4n) is 1.19. The van der Waals surface area contributed by atoms with Gasteiger partial charge in [-0.05, 0) is 36.6 Å². The second-order valence-corrected chi connectivity index (χ2v) is 3.06. The largest absolute Gasteiger partial charge is 0.207 e. The lowest BCUT2D eigenvalue weighted by atomic mass is 10.0. The first kappa shape index (κ1) is 9.90. The van der Waals surface area contributed by atoms with Gasteiger partial charge < -0.3 is 0 Å². The molecule has 0 aromatic heterocycles. The number of aryl methyl sites for hydroxylation is 1. The van der Waals surface area contributed by atoms with Crippen LogP contribution in [0.2, 0.25) is 0 Å². The van der Waals surface area contributed by atoms with Crippen molar-refractivity contribution < 1.29 is 8.78 Å². The zero-order valence-electron chi connectivity index (χ0n) is 7.82. The topological polar surface area (TPSA) is 0 Å². The van der Waals surface area contributed by atoms with Gasteiger partial charge in [-0.3, -0.25) is 0 Å². The molecule has 70 valence electrons. The summed E-state index contributed by atoms with van der Waals surface area (Å²) in [6, 6.07) is 2.44. The summed E-state index contributed by atoms with van der Waals surface area (Å²) < 4.78 is 26.4. The highest BCUT2D eigenvalue weighted by Gasteiger charge is 2.08. The Bertz CT molecular complexity index is 340. The molecule has 0 saturated heterocycles. The predicted octanol–water partition coefficient (Wildman–Crippen LogP) is 3.56. The molecule has 13 heavy (non-hydrogen) atoms. The average molecular weight is 182 g/mol. The third-order valence-electron chi connectivity index (χ3n) is 1.98. The van der Waals surface area contributed by atoms with Crippen molar-refractivity contribution in [2.75, 3.05) is 0 Å². The van der Waals surface area contributed by atoms with E-state index in [1.165, 1.54) is 12.1 Å². The minimum Gasteiger partial charge on any atom is -0.207 e. The van der Waals surface area contributed by atoms with Crippen molar-refractivity contribution in [1.82, 2.24) is 0 Å². The highest BCUT2D eigenvalue weighted by atomic mass is 19.1. The molecular weight excluding hydrogens is 170 g/mol. The summed E-state index contributed by atoms with van der Waals surface area (Å²) >= 11 is 0. The van der Waals surface area contributed by atoms with E-state index in [0.717, 1.165) is 0 Å². The van der Waals surface area contributed by atoms with Gasteiger partial charge in [0.25, 0.3) is 0 Å². The summed E-state index contributed by atoms with van der Waals surface area (Å²) in [5.41, 5.74) is 1.20. The zero-order chi connectivity index (χ0) is 10.0. The van der Waals surface area contributed by atoms with Gasteiger partial charge in [-0.1, -0.05) is 13.5 Å². The Hall–Kier alpha value is -1.18. The lowest BCUT2D eigenvalue weighted by Crippen LogP contribution is -1.94. The Balaban J connectivity index is 3.28. The van der Waals surface area contributed by atoms with Crippen LogP contribution in [0.25, 0.3) is 5.57 Å². The van der Waals surface area contributed by atoms with Crippen molar-refractivity contribution in [3.05, 3.63) is 41.5 Å². The fraction of sp³-hybridized carbons (Fsp3) is 0.273. The zero-order valence-corrected chi connectivity index (χ0v) is 7.82. The van der Waals surface area contributed by atoms with Gasteiger partial charge in [-0.25, -0.2) is 8.78 Å². The standard InChI is InChI=1S/C11H12F2/c1-4-8-5-11(13)9(7(2)3)6-10(8)12/h5-6H,2,4H2,1,3H3. The first-order chi connectivity index (χ1) is 6.06. The van der Waals surface area contributed by atoms with E-state index >= 15 is 0 Å². The van der Waals surface area contributed by atoms with Crippen molar-refractivity contribution in [2.24, 2.45) is 0 Å². The van der Waals surface area contributed by atoms with Gasteiger partial charge in [0.2, 0.25) is 0 Å². The van der Waals surface area contributed by atoms with E-state index in [9.17, 15) is 8.78 Å². The summed E-state index contributed by atoms with van der Waals surface area (Å²) in [6.07, 6.45) is 0.499. The van der Waals surface area contributed by atoms with E-state index in [1.54, 1.807) is 13.8 Å². The molecule has 2 heteroatoms. The Kier molecular flexibility index (Phi) is 2.81. The molecule has 0 aliphatic carbocycles. The van der Waals surface area contributed by atoms with Gasteiger partial charge in [0, 0.05) is 5.56 Å². The van der Waals surface area contributed by atoms with Crippen LogP contribution in [0.3, 0.4) is 0 Å². The van der Waals surface area contributed by atoms with Crippen molar-refractivity contribution >= 4 is 5.57 Å². The average Bonchev–Trinajstić information content (AvgIpc) is 2.07. The van der Waals surface area contributed by atoms with E-state index in [1.807, 2.05) is 0 Å². The highest BCUT2D eigenvalue weighted by molar-refractivity contribution is 5.62. The third-order valence-corrected chi connectivity index (χ3v) is 1.98. The molecule has 0 N–H and O–H groups in total. The Morgan fingerprint density at radius 3 is 2.38 bits per heavy atom. The molecule has 0 spiro atoms. The summed E-state index contributed by atoms with van der Waals surface area (Å²) in [4.78, 5) is 0. The molecule has 0 bridgehead atoms. The summed E-state index contributed by atoms with van der Waals surface area (Å²) in [5, 5.41) is 0. The van der Waals surface area contributed by atoms with Crippen LogP contribution < -0.4 is 0 Å². The van der Waals surface area contributed by atoms with Crippen LogP contribution >= 0.6 is 0 Å². The highest BCUT2D eigenvalue weighted by Crippen LogP contribution is 2.20. The van der Waals surface area contributed by atoms with Crippen molar-refractivity contribution in [2.45, 2.75) is 20.3 Å². The second-order valence-electron chi connectivity index (χ2n) is 3.06. The van der Waals surface area contributed by atoms with Crippen LogP contribution in [0.4, 0.5) is 8.78 Å². The minimum absolute atomic E-state index is 0.259. The number of hydrogen-bond acceptors (Lipinski definition) is 0. The maximum atomic E-state index is 13.2. The van der Waals surface area contributed by atoms with Crippen molar-refractivity contribution in [1.29, 1.82) is 0 Å². The molecule has 0 nitrogen and oxygen atoms in total. The van der Waals surface area contributed by atoms with E-state index in [2.05, 4.69) is 6.58 Å². The maximum absolute atomic E-state index is 13.2. The Morgan fingerprint density at radius 1 is 1.31 bits per heavy atom. The molecule has 0 atom stereocenters. The van der Waals surface area contributed by atoms with E-state index < -0.39 is 5.82 Å². The van der Waals surface area contributed by atoms with Crippen LogP contribution in [0.1, 0.15) is 25.0 Å². The molecule has 1 rings (SSSR count). The first-order valence-electron chi connectivity index (χ1n) is 4.20. The normalized spacial score (nSPS) is 10.2. The lowest BCUT2D eigenvalue weighted by molar-refractivity contribution is 0.584. The van der Waals surface area contributed by atoms with Gasteiger partial charge in [0.05, 0.1) is 0 Å². The van der Waals surface area contributed by atoms with Gasteiger partial charge in [0.15, 0.2) is 0 Å². The minimum atomic E-state index is -0.397. The maximum Gasteiger partial charge on any atom is 0.131 e. The van der Waals surface area contributed by atoms with Crippen molar-refractivity contribution in [3.63, 3.8) is 0 Å². The van der Waals surface area contributed by atoms with Crippen LogP contribution in [0, 0.1) is 11.6 Å². The van der Waals surface area contributed by atoms with Crippen molar-refractivity contribution in [3.8, 4) is 0 Å². The summed E-state index contributed by atoms with van der Waals surface area (Å²) in [5.74, 6) is -0.757. The van der Waals surface area contributed by atoms with E-state index in [-0.39, 0.29) is 11.4 Å². The van der Waals surface area contributed by atoms with Gasteiger partial charge in [-0.2, -0.15) is 0 Å². The van der Waals surface area contributed by atoms with Crippen LogP contribution in [0.15, 0.2) is 18.7 Å². The quantitative estimate of drug-likeness (QED) is 0.656. The molecule has 0 unspecified atom stereocenters. The molecule has 0 saturated carbocycles. The number of halogens is 2. The molecule has 1 aromatic carbocycles. The van der Waals surface area contributed by atoms with Gasteiger partial charge >= 0.3 is 0 Å². The molecule has 1 aromatic rings. The summed E-state index contributed by atoms with van der Waals surface area (Å²) in [7, 11) is 0. The molecule has 0 radical (unpaired) electrons. The van der Waals surface area contributed by atoms with E-state index in [0.29, 0.717) is 17.6 Å². The van der Waals surface area contributed by atoms with Crippen LogP contribution in [-0.4, -0.2) is 0 Å². The monoisotopic (exact) mass is 182 g/mol. The SMILES string of the molecule is C=C(C)c1cc(F)c(CC)cc1F. The molecule has 0 aliphatic heterocycles. The van der Waals surface area contributed by atoms with Crippen LogP contribution in [-0.2, 0) is 6.42 Å². The molecule has 0 heterocycles. The third kappa shape index (κ3) is 1.94. The van der Waals surface area contributed by atoms with Crippen LogP contribution in [0.5, 0.6) is 0 Å². The lowest BCUT2D eigenvalue weighted by Gasteiger charge is -2.05.